The molecule has 0 aliphatic carbocycles. The molecule has 0 saturated carbocycles. The second kappa shape index (κ2) is 6.16. The first-order valence-electron chi connectivity index (χ1n) is 5.80. The summed E-state index contributed by atoms with van der Waals surface area (Å²) in [6, 6.07) is 15.8. The average molecular weight is 273 g/mol. The van der Waals surface area contributed by atoms with E-state index in [4.69, 9.17) is 17.3 Å². The Hall–Kier alpha value is -2.13. The largest absolute Gasteiger partial charge is 0.368 e. The lowest BCUT2D eigenvalue weighted by Crippen LogP contribution is -2.20. The topological polar surface area (TPSA) is 55.5 Å². The number of carbonyl (C=O) groups is 1. The van der Waals surface area contributed by atoms with Gasteiger partial charge < -0.3 is 5.73 Å². The van der Waals surface area contributed by atoms with E-state index in [-0.39, 0.29) is 0 Å². The van der Waals surface area contributed by atoms with Gasteiger partial charge in [0.2, 0.25) is 5.91 Å². The van der Waals surface area contributed by atoms with E-state index in [1.54, 1.807) is 30.5 Å². The minimum Gasteiger partial charge on any atom is -0.368 e. The first-order valence-corrected chi connectivity index (χ1v) is 6.18. The first-order chi connectivity index (χ1) is 9.18. The SMILES string of the molecule is NC(=O)C(N=Cc1ccccc1)c1ccccc1Cl. The van der Waals surface area contributed by atoms with Gasteiger partial charge in [-0.1, -0.05) is 60.1 Å². The Morgan fingerprint density at radius 2 is 1.74 bits per heavy atom. The number of benzene rings is 2. The summed E-state index contributed by atoms with van der Waals surface area (Å²) in [4.78, 5) is 15.8. The fourth-order valence-electron chi connectivity index (χ4n) is 1.70. The van der Waals surface area contributed by atoms with Crippen LogP contribution in [-0.2, 0) is 4.79 Å². The first kappa shape index (κ1) is 13.3. The second-order valence-corrected chi connectivity index (χ2v) is 4.42. The van der Waals surface area contributed by atoms with E-state index in [1.807, 2.05) is 30.3 Å². The Labute approximate surface area is 116 Å². The Kier molecular flexibility index (Phi) is 4.31. The van der Waals surface area contributed by atoms with Gasteiger partial charge in [0.05, 0.1) is 0 Å². The third kappa shape index (κ3) is 3.42. The molecule has 2 rings (SSSR count). The summed E-state index contributed by atoms with van der Waals surface area (Å²) < 4.78 is 0. The summed E-state index contributed by atoms with van der Waals surface area (Å²) in [6.07, 6.45) is 1.62. The molecule has 0 radical (unpaired) electrons. The van der Waals surface area contributed by atoms with Gasteiger partial charge in [-0.3, -0.25) is 9.79 Å². The van der Waals surface area contributed by atoms with Crippen molar-refractivity contribution in [1.82, 2.24) is 0 Å². The van der Waals surface area contributed by atoms with E-state index in [0.29, 0.717) is 10.6 Å². The quantitative estimate of drug-likeness (QED) is 0.855. The lowest BCUT2D eigenvalue weighted by atomic mass is 10.1. The normalized spacial score (nSPS) is 12.5. The van der Waals surface area contributed by atoms with Crippen molar-refractivity contribution in [2.75, 3.05) is 0 Å². The van der Waals surface area contributed by atoms with Crippen molar-refractivity contribution in [2.24, 2.45) is 10.7 Å². The van der Waals surface area contributed by atoms with Crippen LogP contribution in [0.2, 0.25) is 5.02 Å². The number of aliphatic imine (C=N–C) groups is 1. The van der Waals surface area contributed by atoms with Gasteiger partial charge >= 0.3 is 0 Å². The lowest BCUT2D eigenvalue weighted by Gasteiger charge is -2.10. The monoisotopic (exact) mass is 272 g/mol. The summed E-state index contributed by atoms with van der Waals surface area (Å²) in [5.41, 5.74) is 6.91. The molecule has 96 valence electrons. The number of hydrogen-bond acceptors (Lipinski definition) is 2. The molecule has 0 saturated heterocycles. The van der Waals surface area contributed by atoms with Gasteiger partial charge in [-0.2, -0.15) is 0 Å². The maximum atomic E-state index is 11.5. The van der Waals surface area contributed by atoms with E-state index >= 15 is 0 Å². The number of nitrogens with two attached hydrogens (primary N) is 1. The number of primary amides is 1. The standard InChI is InChI=1S/C15H13ClN2O/c16-13-9-5-4-8-12(13)14(15(17)19)18-10-11-6-2-1-3-7-11/h1-10,14H,(H2,17,19). The number of rotatable bonds is 4. The fraction of sp³-hybridized carbons (Fsp3) is 0.0667. The van der Waals surface area contributed by atoms with Crippen molar-refractivity contribution in [3.05, 3.63) is 70.7 Å². The van der Waals surface area contributed by atoms with Crippen LogP contribution in [0.3, 0.4) is 0 Å². The number of carbonyl (C=O) groups excluding carboxylic acids is 1. The van der Waals surface area contributed by atoms with Crippen LogP contribution < -0.4 is 5.73 Å². The van der Waals surface area contributed by atoms with Crippen molar-refractivity contribution in [1.29, 1.82) is 0 Å². The van der Waals surface area contributed by atoms with Crippen LogP contribution in [0.25, 0.3) is 0 Å². The maximum Gasteiger partial charge on any atom is 0.246 e. The van der Waals surface area contributed by atoms with Gasteiger partial charge in [0.15, 0.2) is 6.04 Å². The average Bonchev–Trinajstić information content (AvgIpc) is 2.42. The van der Waals surface area contributed by atoms with E-state index in [0.717, 1.165) is 5.56 Å². The fourth-order valence-corrected chi connectivity index (χ4v) is 1.94. The van der Waals surface area contributed by atoms with Crippen molar-refractivity contribution in [3.8, 4) is 0 Å². The van der Waals surface area contributed by atoms with Crippen LogP contribution in [-0.4, -0.2) is 12.1 Å². The van der Waals surface area contributed by atoms with Gasteiger partial charge in [0.1, 0.15) is 0 Å². The zero-order chi connectivity index (χ0) is 13.7. The third-order valence-electron chi connectivity index (χ3n) is 2.64. The molecule has 1 unspecified atom stereocenters. The summed E-state index contributed by atoms with van der Waals surface area (Å²) in [5.74, 6) is -0.528. The Morgan fingerprint density at radius 3 is 2.37 bits per heavy atom. The van der Waals surface area contributed by atoms with Gasteiger partial charge in [0.25, 0.3) is 0 Å². The van der Waals surface area contributed by atoms with Crippen molar-refractivity contribution >= 4 is 23.7 Å². The number of nitrogens with zero attached hydrogens (tertiary/aromatic N) is 1. The molecule has 0 aliphatic heterocycles. The summed E-state index contributed by atoms with van der Waals surface area (Å²) in [6.45, 7) is 0. The Bertz CT molecular complexity index is 596. The maximum absolute atomic E-state index is 11.5. The molecule has 2 aromatic rings. The zero-order valence-corrected chi connectivity index (χ0v) is 10.9. The number of amides is 1. The van der Waals surface area contributed by atoms with E-state index in [9.17, 15) is 4.79 Å². The summed E-state index contributed by atoms with van der Waals surface area (Å²) in [5, 5.41) is 0.483. The molecule has 0 aromatic heterocycles. The molecule has 2 N–H and O–H groups in total. The highest BCUT2D eigenvalue weighted by molar-refractivity contribution is 6.31. The highest BCUT2D eigenvalue weighted by Gasteiger charge is 2.18. The number of halogens is 1. The van der Waals surface area contributed by atoms with Crippen molar-refractivity contribution < 1.29 is 4.79 Å². The molecule has 0 aliphatic rings. The molecule has 0 bridgehead atoms. The number of hydrogen-bond donors (Lipinski definition) is 1. The minimum absolute atomic E-state index is 0.483. The Balaban J connectivity index is 2.30. The molecule has 1 atom stereocenters. The van der Waals surface area contributed by atoms with E-state index in [1.165, 1.54) is 0 Å². The molecular weight excluding hydrogens is 260 g/mol. The van der Waals surface area contributed by atoms with Crippen LogP contribution in [0.4, 0.5) is 0 Å². The predicted molar refractivity (Wildman–Crippen MR) is 77.4 cm³/mol. The molecule has 0 spiro atoms. The van der Waals surface area contributed by atoms with Crippen LogP contribution in [0.1, 0.15) is 17.2 Å². The van der Waals surface area contributed by atoms with Crippen LogP contribution in [0, 0.1) is 0 Å². The summed E-state index contributed by atoms with van der Waals surface area (Å²) in [7, 11) is 0. The molecular formula is C15H13ClN2O. The second-order valence-electron chi connectivity index (χ2n) is 4.02. The molecule has 4 heteroatoms. The van der Waals surface area contributed by atoms with Gasteiger partial charge in [0, 0.05) is 16.8 Å². The minimum atomic E-state index is -0.770. The summed E-state index contributed by atoms with van der Waals surface area (Å²) >= 11 is 6.06. The molecule has 1 amide bonds. The van der Waals surface area contributed by atoms with Crippen LogP contribution >= 0.6 is 11.6 Å². The predicted octanol–water partition coefficient (Wildman–Crippen LogP) is 2.99. The highest BCUT2D eigenvalue weighted by Crippen LogP contribution is 2.25. The smallest absolute Gasteiger partial charge is 0.246 e. The highest BCUT2D eigenvalue weighted by atomic mass is 35.5. The van der Waals surface area contributed by atoms with E-state index in [2.05, 4.69) is 4.99 Å². The van der Waals surface area contributed by atoms with Gasteiger partial charge in [-0.05, 0) is 11.6 Å². The van der Waals surface area contributed by atoms with Crippen LogP contribution in [0.15, 0.2) is 59.6 Å². The van der Waals surface area contributed by atoms with Crippen LogP contribution in [0.5, 0.6) is 0 Å². The van der Waals surface area contributed by atoms with Gasteiger partial charge in [-0.15, -0.1) is 0 Å². The van der Waals surface area contributed by atoms with E-state index < -0.39 is 11.9 Å². The zero-order valence-electron chi connectivity index (χ0n) is 10.2. The molecule has 2 aromatic carbocycles. The third-order valence-corrected chi connectivity index (χ3v) is 2.99. The van der Waals surface area contributed by atoms with Gasteiger partial charge in [-0.25, -0.2) is 0 Å². The van der Waals surface area contributed by atoms with Crippen molar-refractivity contribution in [3.63, 3.8) is 0 Å². The molecule has 19 heavy (non-hydrogen) atoms. The molecule has 0 heterocycles. The molecule has 3 nitrogen and oxygen atoms in total. The molecule has 0 fully saturated rings. The Morgan fingerprint density at radius 1 is 1.11 bits per heavy atom. The van der Waals surface area contributed by atoms with Crippen molar-refractivity contribution in [2.45, 2.75) is 6.04 Å². The lowest BCUT2D eigenvalue weighted by molar-refractivity contribution is -0.119.